The fraction of sp³-hybridized carbons (Fsp3) is 0.217. The van der Waals surface area contributed by atoms with Crippen LogP contribution in [0.5, 0.6) is 5.75 Å². The molecule has 1 amide bonds. The number of halogens is 2. The molecule has 0 aliphatic heterocycles. The summed E-state index contributed by atoms with van der Waals surface area (Å²) in [5.41, 5.74) is 7.13. The van der Waals surface area contributed by atoms with Gasteiger partial charge in [-0.3, -0.25) is 9.78 Å². The van der Waals surface area contributed by atoms with E-state index in [1.807, 2.05) is 0 Å². The van der Waals surface area contributed by atoms with Crippen LogP contribution in [0.2, 0.25) is 0 Å². The zero-order chi connectivity index (χ0) is 23.3. The largest absolute Gasteiger partial charge is 0.506 e. The quantitative estimate of drug-likeness (QED) is 0.313. The number of hydrogen-bond donors (Lipinski definition) is 4. The highest BCUT2D eigenvalue weighted by Crippen LogP contribution is 2.32. The molecular formula is C23H27Cl2N3O5S. The van der Waals surface area contributed by atoms with Crippen molar-refractivity contribution in [2.45, 2.75) is 29.2 Å². The summed E-state index contributed by atoms with van der Waals surface area (Å²) in [6.45, 7) is 2.57. The summed E-state index contributed by atoms with van der Waals surface area (Å²) >= 11 is 0. The number of phenols is 1. The van der Waals surface area contributed by atoms with E-state index in [0.717, 1.165) is 11.1 Å². The molecule has 0 fully saturated rings. The molecule has 1 atom stereocenters. The molecule has 8 nitrogen and oxygen atoms in total. The molecule has 0 radical (unpaired) electrons. The van der Waals surface area contributed by atoms with Crippen molar-refractivity contribution in [1.29, 1.82) is 0 Å². The van der Waals surface area contributed by atoms with Crippen LogP contribution in [0.4, 0.5) is 0 Å². The van der Waals surface area contributed by atoms with Crippen molar-refractivity contribution in [2.24, 2.45) is 5.73 Å². The van der Waals surface area contributed by atoms with Crippen molar-refractivity contribution in [1.82, 2.24) is 10.3 Å². The molecule has 1 heterocycles. The van der Waals surface area contributed by atoms with Crippen molar-refractivity contribution in [3.8, 4) is 5.75 Å². The number of nitrogens with zero attached hydrogens (tertiary/aromatic N) is 1. The molecule has 11 heteroatoms. The third-order valence-corrected chi connectivity index (χ3v) is 6.79. The number of rotatable bonds is 9. The van der Waals surface area contributed by atoms with E-state index in [9.17, 15) is 23.4 Å². The van der Waals surface area contributed by atoms with Gasteiger partial charge in [0, 0.05) is 24.5 Å². The second kappa shape index (κ2) is 12.7. The number of hydrogen-bond acceptors (Lipinski definition) is 7. The highest BCUT2D eigenvalue weighted by molar-refractivity contribution is 7.91. The van der Waals surface area contributed by atoms with Crippen LogP contribution in [-0.2, 0) is 16.3 Å². The summed E-state index contributed by atoms with van der Waals surface area (Å²) in [5, 5.41) is 23.6. The molecule has 2 aromatic carbocycles. The van der Waals surface area contributed by atoms with Gasteiger partial charge in [-0.1, -0.05) is 18.2 Å². The van der Waals surface area contributed by atoms with Crippen LogP contribution in [0.15, 0.2) is 70.7 Å². The van der Waals surface area contributed by atoms with E-state index < -0.39 is 27.6 Å². The van der Waals surface area contributed by atoms with Crippen molar-refractivity contribution < 1.29 is 23.4 Å². The summed E-state index contributed by atoms with van der Waals surface area (Å²) < 4.78 is 26.0. The van der Waals surface area contributed by atoms with Crippen LogP contribution >= 0.6 is 24.8 Å². The Balaban J connectivity index is 0.00000289. The van der Waals surface area contributed by atoms with Crippen LogP contribution in [-0.4, -0.2) is 42.6 Å². The molecule has 34 heavy (non-hydrogen) atoms. The number of amides is 1. The monoisotopic (exact) mass is 527 g/mol. The van der Waals surface area contributed by atoms with Gasteiger partial charge < -0.3 is 21.3 Å². The lowest BCUT2D eigenvalue weighted by Gasteiger charge is -2.12. The molecule has 0 aliphatic carbocycles. The van der Waals surface area contributed by atoms with Gasteiger partial charge >= 0.3 is 0 Å². The first-order valence-corrected chi connectivity index (χ1v) is 11.4. The second-order valence-corrected chi connectivity index (χ2v) is 9.35. The first-order valence-electron chi connectivity index (χ1n) is 9.96. The Bertz CT molecular complexity index is 1210. The van der Waals surface area contributed by atoms with Crippen LogP contribution in [0.3, 0.4) is 0 Å². The number of benzene rings is 2. The molecule has 0 spiro atoms. The van der Waals surface area contributed by atoms with Crippen LogP contribution in [0, 0.1) is 6.92 Å². The van der Waals surface area contributed by atoms with Gasteiger partial charge in [-0.15, -0.1) is 24.8 Å². The normalized spacial score (nSPS) is 11.7. The van der Waals surface area contributed by atoms with Crippen molar-refractivity contribution in [2.75, 3.05) is 13.1 Å². The fourth-order valence-electron chi connectivity index (χ4n) is 3.26. The zero-order valence-corrected chi connectivity index (χ0v) is 20.8. The Labute approximate surface area is 211 Å². The molecule has 184 valence electrons. The van der Waals surface area contributed by atoms with Gasteiger partial charge in [0.25, 0.3) is 5.91 Å². The molecule has 0 saturated heterocycles. The fourth-order valence-corrected chi connectivity index (χ4v) is 4.72. The van der Waals surface area contributed by atoms with Crippen molar-refractivity contribution in [3.05, 3.63) is 83.2 Å². The van der Waals surface area contributed by atoms with Crippen molar-refractivity contribution in [3.63, 3.8) is 0 Å². The van der Waals surface area contributed by atoms with Gasteiger partial charge in [0.2, 0.25) is 9.84 Å². The number of primary amides is 1. The predicted octanol–water partition coefficient (Wildman–Crippen LogP) is 2.74. The summed E-state index contributed by atoms with van der Waals surface area (Å²) in [7, 11) is -4.04. The van der Waals surface area contributed by atoms with E-state index in [4.69, 9.17) is 5.73 Å². The Morgan fingerprint density at radius 3 is 2.41 bits per heavy atom. The molecule has 1 aromatic heterocycles. The van der Waals surface area contributed by atoms with Gasteiger partial charge in [0.05, 0.1) is 16.6 Å². The van der Waals surface area contributed by atoms with E-state index in [0.29, 0.717) is 25.1 Å². The Morgan fingerprint density at radius 1 is 1.15 bits per heavy atom. The lowest BCUT2D eigenvalue weighted by atomic mass is 10.1. The van der Waals surface area contributed by atoms with Crippen LogP contribution in [0.25, 0.3) is 0 Å². The first-order chi connectivity index (χ1) is 15.2. The number of aromatic nitrogens is 1. The average Bonchev–Trinajstić information content (AvgIpc) is 2.78. The topological polar surface area (TPSA) is 143 Å². The van der Waals surface area contributed by atoms with E-state index in [-0.39, 0.29) is 40.2 Å². The number of sulfone groups is 1. The third-order valence-electron chi connectivity index (χ3n) is 5.01. The highest BCUT2D eigenvalue weighted by atomic mass is 35.5. The molecule has 0 saturated carbocycles. The molecule has 3 aromatic rings. The Hall–Kier alpha value is -2.69. The minimum absolute atomic E-state index is 0. The van der Waals surface area contributed by atoms with E-state index in [1.165, 1.54) is 24.3 Å². The number of pyridine rings is 1. The number of aryl methyl sites for hydroxylation is 1. The molecule has 0 bridgehead atoms. The minimum atomic E-state index is -4.04. The number of aliphatic hydroxyl groups excluding tert-OH is 1. The molecule has 5 N–H and O–H groups in total. The summed E-state index contributed by atoms with van der Waals surface area (Å²) in [5.74, 6) is -1.55. The highest BCUT2D eigenvalue weighted by Gasteiger charge is 2.25. The molecule has 0 aliphatic rings. The summed E-state index contributed by atoms with van der Waals surface area (Å²) in [6.07, 6.45) is 3.22. The molecular weight excluding hydrogens is 501 g/mol. The molecule has 0 unspecified atom stereocenters. The van der Waals surface area contributed by atoms with Gasteiger partial charge in [-0.25, -0.2) is 8.42 Å². The SMILES string of the molecule is Cc1cc(C(N)=O)c(O)c(S(=O)(=O)c2ccc(CCNC[C@@H](O)c3cccnc3)cc2)c1.Cl.Cl. The predicted molar refractivity (Wildman–Crippen MR) is 134 cm³/mol. The smallest absolute Gasteiger partial charge is 0.252 e. The van der Waals surface area contributed by atoms with Crippen molar-refractivity contribution >= 4 is 40.6 Å². The number of nitrogens with two attached hydrogens (primary N) is 1. The van der Waals surface area contributed by atoms with Crippen LogP contribution in [0.1, 0.15) is 33.2 Å². The molecule has 3 rings (SSSR count). The Morgan fingerprint density at radius 2 is 1.82 bits per heavy atom. The minimum Gasteiger partial charge on any atom is -0.506 e. The zero-order valence-electron chi connectivity index (χ0n) is 18.3. The van der Waals surface area contributed by atoms with Gasteiger partial charge in [0.1, 0.15) is 10.6 Å². The standard InChI is InChI=1S/C23H25N3O5S.2ClH/c1-15-11-19(23(24)29)22(28)21(12-15)32(30,31)18-6-4-16(5-7-18)8-10-26-14-20(27)17-3-2-9-25-13-17;;/h2-7,9,11-13,20,26-28H,8,10,14H2,1H3,(H2,24,29);2*1H/t20-;;/m1../s1. The maximum Gasteiger partial charge on any atom is 0.252 e. The number of nitrogens with one attached hydrogen (secondary N) is 1. The van der Waals surface area contributed by atoms with E-state index in [2.05, 4.69) is 10.3 Å². The summed E-state index contributed by atoms with van der Waals surface area (Å²) in [6, 6.07) is 12.5. The lowest BCUT2D eigenvalue weighted by molar-refractivity contribution is 0.0997. The van der Waals surface area contributed by atoms with Crippen LogP contribution < -0.4 is 11.1 Å². The second-order valence-electron chi connectivity index (χ2n) is 7.43. The summed E-state index contributed by atoms with van der Waals surface area (Å²) in [4.78, 5) is 15.1. The number of carbonyl (C=O) groups excluding carboxylic acids is 1. The number of aromatic hydroxyl groups is 1. The maximum absolute atomic E-state index is 13.0. The average molecular weight is 528 g/mol. The lowest BCUT2D eigenvalue weighted by Crippen LogP contribution is -2.23. The van der Waals surface area contributed by atoms with Gasteiger partial charge in [0.15, 0.2) is 0 Å². The third kappa shape index (κ3) is 6.91. The first kappa shape index (κ1) is 29.3. The Kier molecular flexibility index (Phi) is 10.9. The van der Waals surface area contributed by atoms with E-state index >= 15 is 0 Å². The van der Waals surface area contributed by atoms with Gasteiger partial charge in [-0.05, 0) is 61.3 Å². The number of aliphatic hydroxyl groups is 1. The number of carbonyl (C=O) groups is 1. The maximum atomic E-state index is 13.0. The van der Waals surface area contributed by atoms with Gasteiger partial charge in [-0.2, -0.15) is 0 Å². The van der Waals surface area contributed by atoms with E-state index in [1.54, 1.807) is 43.6 Å².